The zero-order valence-corrected chi connectivity index (χ0v) is 15.0. The fraction of sp³-hybridized carbons (Fsp3) is 0.238. The molecule has 5 nitrogen and oxygen atoms in total. The van der Waals surface area contributed by atoms with Gasteiger partial charge < -0.3 is 9.47 Å². The Morgan fingerprint density at radius 2 is 1.81 bits per heavy atom. The van der Waals surface area contributed by atoms with E-state index < -0.39 is 0 Å². The topological polar surface area (TPSA) is 60.1 Å². The Bertz CT molecular complexity index is 894. The van der Waals surface area contributed by atoms with Crippen molar-refractivity contribution in [3.8, 4) is 17.5 Å². The second-order valence-corrected chi connectivity index (χ2v) is 5.94. The Morgan fingerprint density at radius 1 is 1.08 bits per heavy atom. The lowest BCUT2D eigenvalue weighted by molar-refractivity contribution is 0.202. The summed E-state index contributed by atoms with van der Waals surface area (Å²) in [6, 6.07) is 19.9. The lowest BCUT2D eigenvalue weighted by Crippen LogP contribution is -2.07. The molecule has 0 spiro atoms. The Kier molecular flexibility index (Phi) is 5.67. The van der Waals surface area contributed by atoms with E-state index in [0.717, 1.165) is 23.6 Å². The molecular formula is C21H21N3O2. The van der Waals surface area contributed by atoms with Crippen molar-refractivity contribution in [3.63, 3.8) is 0 Å². The van der Waals surface area contributed by atoms with E-state index in [2.05, 4.69) is 11.2 Å². The van der Waals surface area contributed by atoms with Crippen LogP contribution in [-0.4, -0.2) is 23.5 Å². The number of aromatic nitrogens is 2. The van der Waals surface area contributed by atoms with Crippen molar-refractivity contribution in [1.29, 1.82) is 5.26 Å². The number of benzene rings is 2. The minimum Gasteiger partial charge on any atom is -0.487 e. The molecule has 0 atom stereocenters. The number of ether oxygens (including phenoxy) is 2. The van der Waals surface area contributed by atoms with E-state index in [1.54, 1.807) is 11.8 Å². The largest absolute Gasteiger partial charge is 0.487 e. The zero-order valence-electron chi connectivity index (χ0n) is 15.0. The minimum atomic E-state index is 0.274. The van der Waals surface area contributed by atoms with Crippen LogP contribution in [0.5, 0.6) is 5.75 Å². The molecular weight excluding hydrogens is 326 g/mol. The molecule has 0 aliphatic heterocycles. The van der Waals surface area contributed by atoms with Crippen LogP contribution in [0.2, 0.25) is 0 Å². The zero-order chi connectivity index (χ0) is 18.4. The molecule has 0 bridgehead atoms. The van der Waals surface area contributed by atoms with E-state index in [1.165, 1.54) is 5.56 Å². The first kappa shape index (κ1) is 17.7. The SMILES string of the molecule is COCCc1ccc(OCc2c(C#N)c(C)nn2-c2ccccc2)cc1. The van der Waals surface area contributed by atoms with E-state index in [1.807, 2.05) is 61.5 Å². The number of hydrogen-bond acceptors (Lipinski definition) is 4. The third-order valence-corrected chi connectivity index (χ3v) is 4.16. The molecule has 0 saturated heterocycles. The number of hydrogen-bond donors (Lipinski definition) is 0. The molecule has 0 aliphatic rings. The maximum atomic E-state index is 9.50. The summed E-state index contributed by atoms with van der Waals surface area (Å²) in [4.78, 5) is 0. The molecule has 0 saturated carbocycles. The highest BCUT2D eigenvalue weighted by atomic mass is 16.5. The summed E-state index contributed by atoms with van der Waals surface area (Å²) in [6.07, 6.45) is 0.870. The molecule has 132 valence electrons. The molecule has 3 aromatic rings. The van der Waals surface area contributed by atoms with Crippen LogP contribution in [0.25, 0.3) is 5.69 Å². The summed E-state index contributed by atoms with van der Waals surface area (Å²) in [5.74, 6) is 0.758. The Balaban J connectivity index is 1.80. The number of methoxy groups -OCH3 is 1. The molecule has 0 radical (unpaired) electrons. The summed E-state index contributed by atoms with van der Waals surface area (Å²) in [5, 5.41) is 14.0. The molecule has 0 fully saturated rings. The lowest BCUT2D eigenvalue weighted by atomic mass is 10.1. The molecule has 0 aliphatic carbocycles. The van der Waals surface area contributed by atoms with Crippen LogP contribution in [0.3, 0.4) is 0 Å². The first-order valence-electron chi connectivity index (χ1n) is 8.47. The maximum Gasteiger partial charge on any atom is 0.132 e. The highest BCUT2D eigenvalue weighted by Gasteiger charge is 2.16. The van der Waals surface area contributed by atoms with Crippen LogP contribution in [0, 0.1) is 18.3 Å². The van der Waals surface area contributed by atoms with Crippen molar-refractivity contribution in [2.24, 2.45) is 0 Å². The summed E-state index contributed by atoms with van der Waals surface area (Å²) >= 11 is 0. The van der Waals surface area contributed by atoms with Gasteiger partial charge in [0.05, 0.1) is 23.7 Å². The molecule has 0 unspecified atom stereocenters. The van der Waals surface area contributed by atoms with Gasteiger partial charge in [0.2, 0.25) is 0 Å². The van der Waals surface area contributed by atoms with E-state index in [0.29, 0.717) is 17.9 Å². The van der Waals surface area contributed by atoms with Crippen molar-refractivity contribution in [2.75, 3.05) is 13.7 Å². The van der Waals surface area contributed by atoms with E-state index in [-0.39, 0.29) is 6.61 Å². The quantitative estimate of drug-likeness (QED) is 0.652. The number of nitrogens with zero attached hydrogens (tertiary/aromatic N) is 3. The molecule has 3 rings (SSSR count). The lowest BCUT2D eigenvalue weighted by Gasteiger charge is -2.10. The van der Waals surface area contributed by atoms with Gasteiger partial charge in [-0.05, 0) is 43.2 Å². The average Bonchev–Trinajstić information content (AvgIpc) is 3.01. The van der Waals surface area contributed by atoms with Gasteiger partial charge in [0.25, 0.3) is 0 Å². The second-order valence-electron chi connectivity index (χ2n) is 5.94. The average molecular weight is 347 g/mol. The van der Waals surface area contributed by atoms with Gasteiger partial charge in [-0.15, -0.1) is 0 Å². The third kappa shape index (κ3) is 3.93. The fourth-order valence-electron chi connectivity index (χ4n) is 2.76. The van der Waals surface area contributed by atoms with Crippen LogP contribution >= 0.6 is 0 Å². The van der Waals surface area contributed by atoms with Gasteiger partial charge in [0, 0.05) is 7.11 Å². The third-order valence-electron chi connectivity index (χ3n) is 4.16. The highest BCUT2D eigenvalue weighted by Crippen LogP contribution is 2.21. The first-order valence-corrected chi connectivity index (χ1v) is 8.47. The Labute approximate surface area is 153 Å². The monoisotopic (exact) mass is 347 g/mol. The Morgan fingerprint density at radius 3 is 2.46 bits per heavy atom. The number of para-hydroxylation sites is 1. The summed E-state index contributed by atoms with van der Waals surface area (Å²) in [5.41, 5.74) is 4.11. The smallest absolute Gasteiger partial charge is 0.132 e. The predicted octanol–water partition coefficient (Wildman–Crippen LogP) is 3.82. The van der Waals surface area contributed by atoms with E-state index in [9.17, 15) is 5.26 Å². The maximum absolute atomic E-state index is 9.50. The molecule has 5 heteroatoms. The van der Waals surface area contributed by atoms with Crippen LogP contribution in [-0.2, 0) is 17.8 Å². The molecule has 0 amide bonds. The Hall–Kier alpha value is -3.10. The van der Waals surface area contributed by atoms with Crippen molar-refractivity contribution < 1.29 is 9.47 Å². The van der Waals surface area contributed by atoms with Crippen LogP contribution < -0.4 is 4.74 Å². The van der Waals surface area contributed by atoms with Gasteiger partial charge in [-0.25, -0.2) is 4.68 Å². The van der Waals surface area contributed by atoms with Crippen LogP contribution in [0.4, 0.5) is 0 Å². The highest BCUT2D eigenvalue weighted by molar-refractivity contribution is 5.43. The van der Waals surface area contributed by atoms with Crippen molar-refractivity contribution in [3.05, 3.63) is 77.1 Å². The van der Waals surface area contributed by atoms with Crippen molar-refractivity contribution in [1.82, 2.24) is 9.78 Å². The van der Waals surface area contributed by atoms with Gasteiger partial charge in [-0.2, -0.15) is 10.4 Å². The van der Waals surface area contributed by atoms with Gasteiger partial charge >= 0.3 is 0 Å². The number of aryl methyl sites for hydroxylation is 1. The van der Waals surface area contributed by atoms with Gasteiger partial charge in [0.1, 0.15) is 24.0 Å². The summed E-state index contributed by atoms with van der Waals surface area (Å²) in [7, 11) is 1.70. The predicted molar refractivity (Wildman–Crippen MR) is 99.4 cm³/mol. The fourth-order valence-corrected chi connectivity index (χ4v) is 2.76. The second kappa shape index (κ2) is 8.32. The van der Waals surface area contributed by atoms with Crippen LogP contribution in [0.15, 0.2) is 54.6 Å². The normalized spacial score (nSPS) is 10.5. The van der Waals surface area contributed by atoms with Crippen LogP contribution in [0.1, 0.15) is 22.5 Å². The summed E-state index contributed by atoms with van der Waals surface area (Å²) < 4.78 is 12.8. The molecule has 1 aromatic heterocycles. The first-order chi connectivity index (χ1) is 12.7. The van der Waals surface area contributed by atoms with Gasteiger partial charge in [-0.1, -0.05) is 30.3 Å². The molecule has 2 aromatic carbocycles. The van der Waals surface area contributed by atoms with Gasteiger partial charge in [-0.3, -0.25) is 0 Å². The van der Waals surface area contributed by atoms with Gasteiger partial charge in [0.15, 0.2) is 0 Å². The molecule has 0 N–H and O–H groups in total. The van der Waals surface area contributed by atoms with Crippen molar-refractivity contribution in [2.45, 2.75) is 20.0 Å². The van der Waals surface area contributed by atoms with E-state index in [4.69, 9.17) is 9.47 Å². The molecule has 26 heavy (non-hydrogen) atoms. The summed E-state index contributed by atoms with van der Waals surface area (Å²) in [6.45, 7) is 2.81. The van der Waals surface area contributed by atoms with Crippen molar-refractivity contribution >= 4 is 0 Å². The minimum absolute atomic E-state index is 0.274. The number of nitriles is 1. The number of rotatable bonds is 7. The standard InChI is InChI=1S/C21H21N3O2/c1-16-20(14-22)21(24(23-16)18-6-4-3-5-7-18)15-26-19-10-8-17(9-11-19)12-13-25-2/h3-11H,12-13,15H2,1-2H3. The van der Waals surface area contributed by atoms with E-state index >= 15 is 0 Å². The molecule has 1 heterocycles.